The number of alkyl halides is 9. The summed E-state index contributed by atoms with van der Waals surface area (Å²) in [5.41, 5.74) is 0.403. The van der Waals surface area contributed by atoms with Gasteiger partial charge in [-0.25, -0.2) is 43.1 Å². The minimum atomic E-state index is -4.54. The van der Waals surface area contributed by atoms with Crippen LogP contribution in [0.3, 0.4) is 0 Å². The fraction of sp³-hybridized carbons (Fsp3) is 0.347. The van der Waals surface area contributed by atoms with Crippen molar-refractivity contribution in [3.8, 4) is 34.3 Å². The highest BCUT2D eigenvalue weighted by molar-refractivity contribution is 6.32. The van der Waals surface area contributed by atoms with E-state index in [9.17, 15) is 67.1 Å². The zero-order valence-electron chi connectivity index (χ0n) is 54.1. The molecule has 6 aliphatic rings. The zero-order valence-corrected chi connectivity index (χ0v) is 56.4. The fourth-order valence-electron chi connectivity index (χ4n) is 15.5. The van der Waals surface area contributed by atoms with Crippen molar-refractivity contribution in [2.24, 2.45) is 17.8 Å². The summed E-state index contributed by atoms with van der Waals surface area (Å²) in [6, 6.07) is 15.7. The average Bonchev–Trinajstić information content (AvgIpc) is 1.62. The summed E-state index contributed by atoms with van der Waals surface area (Å²) in [6.45, 7) is 1.87. The van der Waals surface area contributed by atoms with Gasteiger partial charge in [-0.15, -0.1) is 0 Å². The SMILES string of the molecule is Cc1cnc(-c2ncccn2)c(C(=O)N2C3CCC2C(Cc2ncc(C(F)(F)F)cc2Cl)C3)c1.O=C(c1c(F)cccc1-c1ncccn1)N1C2CCC1C(Cc1ncc(C(F)(F)F)cc1Cl)C2.O=C(c1cccc(F)c1-c1ncc(F)cn1)N1C2CCC1C(Cc1ncc(C(F)(F)F)cc1Cl)C2. The van der Waals surface area contributed by atoms with E-state index in [2.05, 4.69) is 49.8 Å². The standard InChI is InChI=1S/C24H18ClF5N4O.C24H19ClF4N4O.C24H21ClF3N5O/c25-17-8-13(24(28,29)30)9-31-19(17)7-12-6-15-4-5-20(12)34(15)23(35)16-2-1-3-18(27)21(16)22-32-10-14(26)11-33-22;25-17-11-14(24(27,28)29)12-32-19(17)10-13-9-15-5-6-20(13)33(15)23(34)21-16(3-1-4-18(21)26)22-30-7-2-8-31-22;1-13-7-17(21(32-11-13)22-29-5-2-6-30-22)23(34)33-16-3-4-20(33)14(8-16)9-19-18(25)10-15(12-31-19)24(26,27)28/h1-3,8-12,15,20H,4-7H2;1-4,7-8,11-13,15,20H,5-6,9-10H2;2,5-7,10-12,14,16,20H,3-4,8-9H2,1H3. The molecule has 6 fully saturated rings. The molecule has 16 nitrogen and oxygen atoms in total. The third-order valence-corrected chi connectivity index (χ3v) is 20.9. The Morgan fingerprint density at radius 3 is 1.28 bits per heavy atom. The van der Waals surface area contributed by atoms with Gasteiger partial charge < -0.3 is 14.7 Å². The Balaban J connectivity index is 0.000000138. The number of carbonyl (C=O) groups is 3. The quantitative estimate of drug-likeness (QED) is 0.105. The van der Waals surface area contributed by atoms with E-state index in [0.29, 0.717) is 78.3 Å². The summed E-state index contributed by atoms with van der Waals surface area (Å²) in [4.78, 5) is 87.2. The molecule has 0 N–H and O–H groups in total. The molecule has 2 aromatic carbocycles. The largest absolute Gasteiger partial charge is 0.417 e. The third kappa shape index (κ3) is 15.0. The van der Waals surface area contributed by atoms with Gasteiger partial charge in [0.1, 0.15) is 17.3 Å². The highest BCUT2D eigenvalue weighted by Gasteiger charge is 2.52. The van der Waals surface area contributed by atoms with E-state index in [1.165, 1.54) is 42.7 Å². The van der Waals surface area contributed by atoms with Crippen LogP contribution in [0.15, 0.2) is 135 Å². The number of amides is 3. The van der Waals surface area contributed by atoms with Crippen molar-refractivity contribution in [1.29, 1.82) is 0 Å². The van der Waals surface area contributed by atoms with Crippen LogP contribution in [0.2, 0.25) is 15.1 Å². The number of hydrogen-bond acceptors (Lipinski definition) is 13. The van der Waals surface area contributed by atoms with Crippen molar-refractivity contribution in [3.63, 3.8) is 0 Å². The Bertz CT molecular complexity index is 4680. The predicted octanol–water partition coefficient (Wildman–Crippen LogP) is 16.5. The summed E-state index contributed by atoms with van der Waals surface area (Å²) in [5.74, 6) is -2.47. The molecular weight excluding hydrogens is 1430 g/mol. The van der Waals surface area contributed by atoms with Crippen molar-refractivity contribution in [2.45, 2.75) is 139 Å². The van der Waals surface area contributed by atoms with Crippen LogP contribution in [0, 0.1) is 42.1 Å². The molecule has 9 aromatic rings. The molecule has 534 valence electrons. The van der Waals surface area contributed by atoms with Gasteiger partial charge in [-0.05, 0) is 162 Å². The highest BCUT2D eigenvalue weighted by Crippen LogP contribution is 2.49. The average molecular weight is 1490 g/mol. The van der Waals surface area contributed by atoms with Gasteiger partial charge in [-0.1, -0.05) is 53.0 Å². The molecule has 6 saturated heterocycles. The van der Waals surface area contributed by atoms with Gasteiger partial charge in [0.2, 0.25) is 0 Å². The second-order valence-corrected chi connectivity index (χ2v) is 27.4. The van der Waals surface area contributed by atoms with E-state index in [1.807, 2.05) is 17.9 Å². The Morgan fingerprint density at radius 2 is 0.845 bits per heavy atom. The molecular formula is C72H58Cl3F12N13O3. The number of benzene rings is 2. The van der Waals surface area contributed by atoms with Crippen LogP contribution < -0.4 is 0 Å². The molecule has 13 heterocycles. The van der Waals surface area contributed by atoms with E-state index in [1.54, 1.807) is 46.6 Å². The Kier molecular flexibility index (Phi) is 20.4. The zero-order chi connectivity index (χ0) is 73.0. The van der Waals surface area contributed by atoms with E-state index in [0.717, 1.165) is 93.3 Å². The molecule has 9 unspecified atom stereocenters. The first-order valence-electron chi connectivity index (χ1n) is 32.8. The lowest BCUT2D eigenvalue weighted by Gasteiger charge is -2.25. The number of hydrogen-bond donors (Lipinski definition) is 0. The lowest BCUT2D eigenvalue weighted by Crippen LogP contribution is -2.37. The van der Waals surface area contributed by atoms with Gasteiger partial charge in [-0.3, -0.25) is 34.3 Å². The monoisotopic (exact) mass is 1490 g/mol. The molecule has 3 amide bonds. The summed E-state index contributed by atoms with van der Waals surface area (Å²) in [6.07, 6.45) is 6.37. The van der Waals surface area contributed by atoms with Gasteiger partial charge in [-0.2, -0.15) is 39.5 Å². The minimum absolute atomic E-state index is 0.00173. The number of carbonyl (C=O) groups excluding carboxylic acids is 3. The normalized spacial score (nSPS) is 21.7. The molecule has 15 rings (SSSR count). The molecule has 9 atom stereocenters. The maximum absolute atomic E-state index is 14.9. The van der Waals surface area contributed by atoms with Gasteiger partial charge in [0.25, 0.3) is 17.7 Å². The Hall–Kier alpha value is -9.28. The number of rotatable bonds is 12. The van der Waals surface area contributed by atoms with Crippen LogP contribution >= 0.6 is 34.8 Å². The van der Waals surface area contributed by atoms with Gasteiger partial charge in [0.05, 0.1) is 83.5 Å². The van der Waals surface area contributed by atoms with E-state index in [-0.39, 0.29) is 103 Å². The van der Waals surface area contributed by atoms with Crippen molar-refractivity contribution < 1.29 is 67.1 Å². The third-order valence-electron chi connectivity index (χ3n) is 20.0. The smallest absolute Gasteiger partial charge is 0.332 e. The summed E-state index contributed by atoms with van der Waals surface area (Å²) in [7, 11) is 0. The summed E-state index contributed by atoms with van der Waals surface area (Å²) >= 11 is 18.4. The summed E-state index contributed by atoms with van der Waals surface area (Å²) < 4.78 is 159. The number of halogens is 15. The Morgan fingerprint density at radius 1 is 0.437 bits per heavy atom. The number of pyridine rings is 4. The number of fused-ring (bicyclic) bond motifs is 6. The topological polar surface area (TPSA) is 190 Å². The van der Waals surface area contributed by atoms with Crippen LogP contribution in [-0.2, 0) is 37.8 Å². The number of nitrogens with zero attached hydrogens (tertiary/aromatic N) is 13. The van der Waals surface area contributed by atoms with Crippen LogP contribution in [-0.4, -0.2) is 119 Å². The van der Waals surface area contributed by atoms with E-state index >= 15 is 0 Å². The number of aryl methyl sites for hydroxylation is 1. The maximum atomic E-state index is 14.9. The summed E-state index contributed by atoms with van der Waals surface area (Å²) in [5, 5.41) is -0.115. The van der Waals surface area contributed by atoms with Crippen LogP contribution in [0.4, 0.5) is 52.7 Å². The van der Waals surface area contributed by atoms with E-state index in [4.69, 9.17) is 34.8 Å². The fourth-order valence-corrected chi connectivity index (χ4v) is 16.2. The lowest BCUT2D eigenvalue weighted by molar-refractivity contribution is -0.138. The molecule has 6 aliphatic heterocycles. The first kappa shape index (κ1) is 72.1. The lowest BCUT2D eigenvalue weighted by atomic mass is 9.86. The first-order valence-corrected chi connectivity index (χ1v) is 33.9. The molecule has 103 heavy (non-hydrogen) atoms. The molecule has 6 bridgehead atoms. The Labute approximate surface area is 595 Å². The predicted molar refractivity (Wildman–Crippen MR) is 352 cm³/mol. The molecule has 0 radical (unpaired) electrons. The van der Waals surface area contributed by atoms with Crippen LogP contribution in [0.25, 0.3) is 34.3 Å². The maximum Gasteiger partial charge on any atom is 0.417 e. The molecule has 0 aliphatic carbocycles. The van der Waals surface area contributed by atoms with Crippen LogP contribution in [0.5, 0.6) is 0 Å². The van der Waals surface area contributed by atoms with Crippen molar-refractivity contribution in [1.82, 2.24) is 64.5 Å². The molecule has 7 aromatic heterocycles. The van der Waals surface area contributed by atoms with Crippen molar-refractivity contribution >= 4 is 52.5 Å². The van der Waals surface area contributed by atoms with Gasteiger partial charge in [0, 0.05) is 91.4 Å². The molecule has 31 heteroatoms. The second-order valence-electron chi connectivity index (χ2n) is 26.2. The first-order chi connectivity index (χ1) is 49.1. The number of aromatic nitrogens is 10. The van der Waals surface area contributed by atoms with Gasteiger partial charge in [0.15, 0.2) is 23.3 Å². The van der Waals surface area contributed by atoms with Crippen LogP contribution in [0.1, 0.15) is 128 Å². The minimum Gasteiger partial charge on any atom is -0.332 e. The van der Waals surface area contributed by atoms with Crippen molar-refractivity contribution in [3.05, 3.63) is 223 Å². The van der Waals surface area contributed by atoms with Crippen molar-refractivity contribution in [2.75, 3.05) is 0 Å². The molecule has 0 saturated carbocycles. The van der Waals surface area contributed by atoms with Gasteiger partial charge >= 0.3 is 18.5 Å². The molecule has 0 spiro atoms. The highest BCUT2D eigenvalue weighted by atomic mass is 35.5. The second kappa shape index (κ2) is 29.1. The van der Waals surface area contributed by atoms with E-state index < -0.39 is 64.5 Å².